The van der Waals surface area contributed by atoms with Crippen molar-refractivity contribution in [2.75, 3.05) is 12.8 Å². The van der Waals surface area contributed by atoms with Gasteiger partial charge < -0.3 is 11.1 Å². The summed E-state index contributed by atoms with van der Waals surface area (Å²) in [5, 5.41) is 3.80. The Morgan fingerprint density at radius 1 is 1.56 bits per heavy atom. The molecule has 1 saturated carbocycles. The first-order chi connectivity index (χ1) is 7.69. The number of nitrogens with two attached hydrogens (primary N) is 1. The molecule has 0 heterocycles. The minimum Gasteiger partial charge on any atom is -0.352 e. The average Bonchev–Trinajstić information content (AvgIpc) is 2.72. The third-order valence-corrected chi connectivity index (χ3v) is 4.54. The first-order valence-corrected chi connectivity index (χ1v) is 7.51. The summed E-state index contributed by atoms with van der Waals surface area (Å²) in [5.41, 5.74) is 5.45. The Morgan fingerprint density at radius 2 is 2.31 bits per heavy atom. The second-order valence-electron chi connectivity index (χ2n) is 4.65. The predicted molar refractivity (Wildman–Crippen MR) is 70.5 cm³/mol. The van der Waals surface area contributed by atoms with E-state index in [-0.39, 0.29) is 11.8 Å². The summed E-state index contributed by atoms with van der Waals surface area (Å²) in [6.45, 7) is 2.67. The second-order valence-corrected chi connectivity index (χ2v) is 5.73. The highest BCUT2D eigenvalue weighted by Gasteiger charge is 2.28. The van der Waals surface area contributed by atoms with E-state index in [1.807, 2.05) is 18.7 Å². The Balaban J connectivity index is 2.32. The Bertz CT molecular complexity index is 223. The minimum atomic E-state index is 0.103. The molecule has 1 fully saturated rings. The fourth-order valence-corrected chi connectivity index (χ4v) is 3.19. The quantitative estimate of drug-likeness (QED) is 0.748. The number of amides is 1. The van der Waals surface area contributed by atoms with Crippen LogP contribution in [0.1, 0.15) is 39.0 Å². The lowest BCUT2D eigenvalue weighted by Gasteiger charge is -2.21. The summed E-state index contributed by atoms with van der Waals surface area (Å²) in [5.74, 6) is 0.311. The van der Waals surface area contributed by atoms with Crippen LogP contribution >= 0.6 is 11.8 Å². The van der Waals surface area contributed by atoms with Crippen molar-refractivity contribution in [1.82, 2.24) is 5.32 Å². The van der Waals surface area contributed by atoms with Gasteiger partial charge in [0.2, 0.25) is 5.91 Å². The molecule has 3 nitrogen and oxygen atoms in total. The molecule has 1 amide bonds. The van der Waals surface area contributed by atoms with E-state index in [2.05, 4.69) is 11.6 Å². The summed E-state index contributed by atoms with van der Waals surface area (Å²) >= 11 is 1.88. The van der Waals surface area contributed by atoms with Crippen molar-refractivity contribution in [3.05, 3.63) is 0 Å². The molecule has 0 aromatic carbocycles. The lowest BCUT2D eigenvalue weighted by molar-refractivity contribution is -0.125. The van der Waals surface area contributed by atoms with Crippen LogP contribution in [0.2, 0.25) is 0 Å². The van der Waals surface area contributed by atoms with Crippen molar-refractivity contribution in [2.24, 2.45) is 11.7 Å². The molecule has 16 heavy (non-hydrogen) atoms. The number of thioether (sulfide) groups is 1. The Morgan fingerprint density at radius 3 is 2.94 bits per heavy atom. The fraction of sp³-hybridized carbons (Fsp3) is 0.917. The average molecular weight is 244 g/mol. The van der Waals surface area contributed by atoms with Crippen LogP contribution in [0.5, 0.6) is 0 Å². The summed E-state index contributed by atoms with van der Waals surface area (Å²) < 4.78 is 0. The molecule has 3 N–H and O–H groups in total. The molecule has 1 aliphatic carbocycles. The molecular weight excluding hydrogens is 220 g/mol. The van der Waals surface area contributed by atoms with Gasteiger partial charge in [-0.2, -0.15) is 11.8 Å². The number of carbonyl (C=O) groups is 1. The molecule has 94 valence electrons. The molecule has 0 bridgehead atoms. The molecule has 0 aromatic heterocycles. The van der Waals surface area contributed by atoms with E-state index in [0.29, 0.717) is 17.8 Å². The van der Waals surface area contributed by atoms with Crippen LogP contribution in [0.15, 0.2) is 0 Å². The van der Waals surface area contributed by atoms with Gasteiger partial charge in [-0.1, -0.05) is 13.3 Å². The van der Waals surface area contributed by atoms with Gasteiger partial charge in [-0.15, -0.1) is 0 Å². The van der Waals surface area contributed by atoms with Crippen LogP contribution in [0.4, 0.5) is 0 Å². The molecular formula is C12H24N2OS. The smallest absolute Gasteiger partial charge is 0.223 e. The van der Waals surface area contributed by atoms with Crippen molar-refractivity contribution < 1.29 is 4.79 Å². The van der Waals surface area contributed by atoms with E-state index in [4.69, 9.17) is 5.73 Å². The second kappa shape index (κ2) is 7.17. The van der Waals surface area contributed by atoms with Crippen LogP contribution in [0.25, 0.3) is 0 Å². The third kappa shape index (κ3) is 3.98. The summed E-state index contributed by atoms with van der Waals surface area (Å²) in [7, 11) is 0. The maximum atomic E-state index is 11.9. The predicted octanol–water partition coefficient (Wildman–Crippen LogP) is 1.76. The maximum absolute atomic E-state index is 11.9. The van der Waals surface area contributed by atoms with Crippen LogP contribution in [-0.2, 0) is 4.79 Å². The molecule has 0 saturated heterocycles. The Kier molecular flexibility index (Phi) is 6.21. The van der Waals surface area contributed by atoms with E-state index >= 15 is 0 Å². The van der Waals surface area contributed by atoms with Crippen LogP contribution < -0.4 is 11.1 Å². The number of nitrogens with one attached hydrogen (secondary N) is 1. The molecule has 3 unspecified atom stereocenters. The first kappa shape index (κ1) is 13.8. The standard InChI is InChI=1S/C12H24N2OS/c1-9(5-4-8-13)12(15)14-10-6-3-7-11(10)16-2/h9-11H,3-8,13H2,1-2H3,(H,14,15). The number of hydrogen-bond acceptors (Lipinski definition) is 3. The van der Waals surface area contributed by atoms with Crippen molar-refractivity contribution in [2.45, 2.75) is 50.3 Å². The number of rotatable bonds is 6. The zero-order chi connectivity index (χ0) is 12.0. The van der Waals surface area contributed by atoms with Crippen LogP contribution in [0.3, 0.4) is 0 Å². The van der Waals surface area contributed by atoms with Crippen LogP contribution in [0, 0.1) is 5.92 Å². The third-order valence-electron chi connectivity index (χ3n) is 3.37. The highest BCUT2D eigenvalue weighted by atomic mass is 32.2. The van der Waals surface area contributed by atoms with Gasteiger partial charge >= 0.3 is 0 Å². The molecule has 3 atom stereocenters. The molecule has 0 aromatic rings. The van der Waals surface area contributed by atoms with Crippen molar-refractivity contribution >= 4 is 17.7 Å². The van der Waals surface area contributed by atoms with Gasteiger partial charge in [0.1, 0.15) is 0 Å². The van der Waals surface area contributed by atoms with Gasteiger partial charge in [-0.3, -0.25) is 4.79 Å². The fourth-order valence-electron chi connectivity index (χ4n) is 2.25. The van der Waals surface area contributed by atoms with Crippen molar-refractivity contribution in [3.63, 3.8) is 0 Å². The molecule has 1 aliphatic rings. The highest BCUT2D eigenvalue weighted by molar-refractivity contribution is 7.99. The monoisotopic (exact) mass is 244 g/mol. The zero-order valence-electron chi connectivity index (χ0n) is 10.4. The van der Waals surface area contributed by atoms with E-state index in [1.54, 1.807) is 0 Å². The number of carbonyl (C=O) groups excluding carboxylic acids is 1. The molecule has 0 aliphatic heterocycles. The van der Waals surface area contributed by atoms with Crippen LogP contribution in [-0.4, -0.2) is 30.0 Å². The van der Waals surface area contributed by atoms with Gasteiger partial charge in [0, 0.05) is 17.2 Å². The Hall–Kier alpha value is -0.220. The molecule has 0 radical (unpaired) electrons. The van der Waals surface area contributed by atoms with E-state index < -0.39 is 0 Å². The zero-order valence-corrected chi connectivity index (χ0v) is 11.2. The highest BCUT2D eigenvalue weighted by Crippen LogP contribution is 2.28. The number of hydrogen-bond donors (Lipinski definition) is 2. The Labute approximate surface area is 103 Å². The molecule has 1 rings (SSSR count). The normalized spacial score (nSPS) is 26.7. The maximum Gasteiger partial charge on any atom is 0.223 e. The van der Waals surface area contributed by atoms with E-state index in [1.165, 1.54) is 12.8 Å². The largest absolute Gasteiger partial charge is 0.352 e. The van der Waals surface area contributed by atoms with Gasteiger partial charge in [0.15, 0.2) is 0 Å². The van der Waals surface area contributed by atoms with Gasteiger partial charge in [0.05, 0.1) is 0 Å². The minimum absolute atomic E-state index is 0.103. The van der Waals surface area contributed by atoms with E-state index in [0.717, 1.165) is 19.3 Å². The van der Waals surface area contributed by atoms with Crippen molar-refractivity contribution in [3.8, 4) is 0 Å². The molecule has 4 heteroatoms. The summed E-state index contributed by atoms with van der Waals surface area (Å²) in [6, 6.07) is 0.392. The summed E-state index contributed by atoms with van der Waals surface area (Å²) in [6.07, 6.45) is 7.59. The van der Waals surface area contributed by atoms with Gasteiger partial charge in [-0.25, -0.2) is 0 Å². The van der Waals surface area contributed by atoms with Gasteiger partial charge in [-0.05, 0) is 38.5 Å². The van der Waals surface area contributed by atoms with E-state index in [9.17, 15) is 4.79 Å². The lowest BCUT2D eigenvalue weighted by Crippen LogP contribution is -2.41. The summed E-state index contributed by atoms with van der Waals surface area (Å²) in [4.78, 5) is 11.9. The molecule has 0 spiro atoms. The first-order valence-electron chi connectivity index (χ1n) is 6.22. The SMILES string of the molecule is CSC1CCCC1NC(=O)C(C)CCCN. The topological polar surface area (TPSA) is 55.1 Å². The van der Waals surface area contributed by atoms with Gasteiger partial charge in [0.25, 0.3) is 0 Å². The van der Waals surface area contributed by atoms with Crippen molar-refractivity contribution in [1.29, 1.82) is 0 Å². The lowest BCUT2D eigenvalue weighted by atomic mass is 10.0.